The fourth-order valence-corrected chi connectivity index (χ4v) is 3.09. The number of nitrogens with two attached hydrogens (primary N) is 1. The quantitative estimate of drug-likeness (QED) is 0.879. The Morgan fingerprint density at radius 3 is 2.00 bits per heavy atom. The minimum absolute atomic E-state index is 0.0367. The molecule has 2 rings (SSSR count). The van der Waals surface area contributed by atoms with Crippen molar-refractivity contribution in [3.8, 4) is 0 Å². The molecule has 1 atom stereocenters. The van der Waals surface area contributed by atoms with E-state index in [0.717, 1.165) is 6.42 Å². The molecule has 0 radical (unpaired) electrons. The van der Waals surface area contributed by atoms with Gasteiger partial charge in [-0.1, -0.05) is 61.9 Å². The zero-order valence-corrected chi connectivity index (χ0v) is 13.9. The van der Waals surface area contributed by atoms with Crippen LogP contribution in [0.1, 0.15) is 41.7 Å². The molecule has 2 aromatic rings. The van der Waals surface area contributed by atoms with Gasteiger partial charge in [-0.2, -0.15) is 0 Å². The zero-order valence-electron chi connectivity index (χ0n) is 13.9. The molecule has 0 amide bonds. The normalized spacial score (nSPS) is 13.2. The van der Waals surface area contributed by atoms with Gasteiger partial charge in [0.15, 0.2) is 0 Å². The van der Waals surface area contributed by atoms with Crippen molar-refractivity contribution in [2.45, 2.75) is 52.5 Å². The smallest absolute Gasteiger partial charge is 0.0172 e. The largest absolute Gasteiger partial charge is 0.327 e. The van der Waals surface area contributed by atoms with Crippen molar-refractivity contribution in [1.29, 1.82) is 0 Å². The van der Waals surface area contributed by atoms with Crippen molar-refractivity contribution >= 4 is 0 Å². The van der Waals surface area contributed by atoms with E-state index in [2.05, 4.69) is 77.1 Å². The van der Waals surface area contributed by atoms with E-state index < -0.39 is 0 Å². The number of rotatable bonds is 4. The molecule has 0 aliphatic rings. The Bertz CT molecular complexity index is 588. The summed E-state index contributed by atoms with van der Waals surface area (Å²) >= 11 is 0. The lowest BCUT2D eigenvalue weighted by atomic mass is 9.75. The minimum Gasteiger partial charge on any atom is -0.327 e. The van der Waals surface area contributed by atoms with E-state index in [4.69, 9.17) is 5.73 Å². The van der Waals surface area contributed by atoms with E-state index in [1.807, 2.05) is 0 Å². The molecule has 112 valence electrons. The predicted molar refractivity (Wildman–Crippen MR) is 91.8 cm³/mol. The maximum absolute atomic E-state index is 6.59. The summed E-state index contributed by atoms with van der Waals surface area (Å²) in [5, 5.41) is 0. The highest BCUT2D eigenvalue weighted by Crippen LogP contribution is 2.29. The van der Waals surface area contributed by atoms with Gasteiger partial charge in [0, 0.05) is 11.5 Å². The standard InChI is InChI=1S/C20H27N/c1-14-11-15(2)18(16(3)12-14)13-19(21)20(4,5)17-9-7-6-8-10-17/h6-12,19H,13,21H2,1-5H3. The van der Waals surface area contributed by atoms with Gasteiger partial charge in [-0.3, -0.25) is 0 Å². The maximum Gasteiger partial charge on any atom is 0.0172 e. The lowest BCUT2D eigenvalue weighted by Crippen LogP contribution is -2.42. The molecule has 0 aliphatic heterocycles. The molecule has 0 saturated heterocycles. The van der Waals surface area contributed by atoms with Gasteiger partial charge >= 0.3 is 0 Å². The van der Waals surface area contributed by atoms with Gasteiger partial charge in [0.2, 0.25) is 0 Å². The van der Waals surface area contributed by atoms with Crippen LogP contribution in [0.5, 0.6) is 0 Å². The average molecular weight is 281 g/mol. The molecule has 21 heavy (non-hydrogen) atoms. The van der Waals surface area contributed by atoms with E-state index >= 15 is 0 Å². The molecule has 0 heterocycles. The third-order valence-electron chi connectivity index (χ3n) is 4.71. The van der Waals surface area contributed by atoms with Crippen molar-refractivity contribution in [3.05, 3.63) is 70.3 Å². The highest BCUT2D eigenvalue weighted by atomic mass is 14.7. The Morgan fingerprint density at radius 1 is 0.952 bits per heavy atom. The van der Waals surface area contributed by atoms with Gasteiger partial charge in [0.05, 0.1) is 0 Å². The number of aryl methyl sites for hydroxylation is 3. The van der Waals surface area contributed by atoms with Crippen LogP contribution in [0, 0.1) is 20.8 Å². The first-order valence-corrected chi connectivity index (χ1v) is 7.70. The maximum atomic E-state index is 6.59. The van der Waals surface area contributed by atoms with Crippen LogP contribution in [0.15, 0.2) is 42.5 Å². The van der Waals surface area contributed by atoms with Gasteiger partial charge in [0.1, 0.15) is 0 Å². The molecule has 0 aromatic heterocycles. The van der Waals surface area contributed by atoms with Crippen LogP contribution in [-0.4, -0.2) is 6.04 Å². The van der Waals surface area contributed by atoms with Crippen LogP contribution < -0.4 is 5.73 Å². The summed E-state index contributed by atoms with van der Waals surface area (Å²) in [5.41, 5.74) is 13.3. The summed E-state index contributed by atoms with van der Waals surface area (Å²) in [6.45, 7) is 11.0. The summed E-state index contributed by atoms with van der Waals surface area (Å²) in [7, 11) is 0. The molecule has 1 nitrogen and oxygen atoms in total. The molecule has 0 aliphatic carbocycles. The lowest BCUT2D eigenvalue weighted by molar-refractivity contribution is 0.405. The number of hydrogen-bond acceptors (Lipinski definition) is 1. The third-order valence-corrected chi connectivity index (χ3v) is 4.71. The monoisotopic (exact) mass is 281 g/mol. The van der Waals surface area contributed by atoms with Crippen LogP contribution in [-0.2, 0) is 11.8 Å². The van der Waals surface area contributed by atoms with Crippen LogP contribution >= 0.6 is 0 Å². The van der Waals surface area contributed by atoms with E-state index in [1.54, 1.807) is 0 Å². The van der Waals surface area contributed by atoms with Gasteiger partial charge < -0.3 is 5.73 Å². The molecule has 0 spiro atoms. The SMILES string of the molecule is Cc1cc(C)c(CC(N)C(C)(C)c2ccccc2)c(C)c1. The number of hydrogen-bond donors (Lipinski definition) is 1. The average Bonchev–Trinajstić information content (AvgIpc) is 2.43. The number of benzene rings is 2. The highest BCUT2D eigenvalue weighted by Gasteiger charge is 2.29. The first-order valence-electron chi connectivity index (χ1n) is 7.70. The molecule has 2 aromatic carbocycles. The minimum atomic E-state index is -0.0367. The molecule has 0 fully saturated rings. The topological polar surface area (TPSA) is 26.0 Å². The summed E-state index contributed by atoms with van der Waals surface area (Å²) in [4.78, 5) is 0. The van der Waals surface area contributed by atoms with Crippen molar-refractivity contribution in [2.75, 3.05) is 0 Å². The summed E-state index contributed by atoms with van der Waals surface area (Å²) < 4.78 is 0. The Balaban J connectivity index is 2.28. The second-order valence-electron chi connectivity index (χ2n) is 6.78. The van der Waals surface area contributed by atoms with Crippen molar-refractivity contribution < 1.29 is 0 Å². The Kier molecular flexibility index (Phi) is 4.53. The van der Waals surface area contributed by atoms with Crippen molar-refractivity contribution in [3.63, 3.8) is 0 Å². The predicted octanol–water partition coefficient (Wildman–Crippen LogP) is 4.46. The first-order chi connectivity index (χ1) is 9.82. The van der Waals surface area contributed by atoms with Gasteiger partial charge in [-0.05, 0) is 49.4 Å². The van der Waals surface area contributed by atoms with Crippen molar-refractivity contribution in [2.24, 2.45) is 5.73 Å². The van der Waals surface area contributed by atoms with Crippen LogP contribution in [0.4, 0.5) is 0 Å². The van der Waals surface area contributed by atoms with E-state index in [0.29, 0.717) is 0 Å². The fourth-order valence-electron chi connectivity index (χ4n) is 3.09. The first kappa shape index (κ1) is 15.8. The molecular weight excluding hydrogens is 254 g/mol. The van der Waals surface area contributed by atoms with E-state index in [1.165, 1.54) is 27.8 Å². The molecular formula is C20H27N. The zero-order chi connectivity index (χ0) is 15.6. The Labute approximate surface area is 129 Å². The fraction of sp³-hybridized carbons (Fsp3) is 0.400. The molecule has 0 saturated carbocycles. The highest BCUT2D eigenvalue weighted by molar-refractivity contribution is 5.39. The molecule has 0 bridgehead atoms. The molecule has 1 heteroatoms. The second kappa shape index (κ2) is 6.03. The van der Waals surface area contributed by atoms with Gasteiger partial charge in [0.25, 0.3) is 0 Å². The van der Waals surface area contributed by atoms with Crippen LogP contribution in [0.2, 0.25) is 0 Å². The summed E-state index contributed by atoms with van der Waals surface area (Å²) in [6, 6.07) is 15.2. The molecule has 2 N–H and O–H groups in total. The summed E-state index contributed by atoms with van der Waals surface area (Å²) in [5.74, 6) is 0. The van der Waals surface area contributed by atoms with E-state index in [-0.39, 0.29) is 11.5 Å². The van der Waals surface area contributed by atoms with Crippen LogP contribution in [0.3, 0.4) is 0 Å². The summed E-state index contributed by atoms with van der Waals surface area (Å²) in [6.07, 6.45) is 0.917. The Morgan fingerprint density at radius 2 is 1.48 bits per heavy atom. The van der Waals surface area contributed by atoms with Crippen molar-refractivity contribution in [1.82, 2.24) is 0 Å². The van der Waals surface area contributed by atoms with Gasteiger partial charge in [-0.15, -0.1) is 0 Å². The molecule has 1 unspecified atom stereocenters. The third kappa shape index (κ3) is 3.36. The van der Waals surface area contributed by atoms with E-state index in [9.17, 15) is 0 Å². The second-order valence-corrected chi connectivity index (χ2v) is 6.78. The lowest BCUT2D eigenvalue weighted by Gasteiger charge is -2.33. The van der Waals surface area contributed by atoms with Crippen LogP contribution in [0.25, 0.3) is 0 Å². The van der Waals surface area contributed by atoms with Gasteiger partial charge in [-0.25, -0.2) is 0 Å². The Hall–Kier alpha value is -1.60.